The first kappa shape index (κ1) is 14.3. The number of hydrogen-bond donors (Lipinski definition) is 2. The Morgan fingerprint density at radius 2 is 1.83 bits per heavy atom. The maximum atomic E-state index is 3.69. The molecule has 1 unspecified atom stereocenters. The minimum Gasteiger partial charge on any atom is -0.361 e. The molecular weight excluding hydrogens is 280 g/mol. The van der Waals surface area contributed by atoms with Gasteiger partial charge < -0.3 is 10.3 Å². The molecule has 1 aliphatic carbocycles. The number of nitrogens with one attached hydrogen (secondary N) is 2. The minimum atomic E-state index is 0.587. The Bertz CT molecular complexity index is 814. The van der Waals surface area contributed by atoms with Crippen molar-refractivity contribution in [1.29, 1.82) is 0 Å². The standard InChI is InChI=1S/C21H22N2/c1-2-6-16(7-3-1)14-22-18-12-10-17(11-13-18)20-15-23-21-9-5-4-8-19(20)21/h1-10,15,18,22-23H,11-14H2. The molecule has 23 heavy (non-hydrogen) atoms. The zero-order valence-electron chi connectivity index (χ0n) is 13.3. The molecule has 0 aliphatic heterocycles. The fourth-order valence-corrected chi connectivity index (χ4v) is 3.46. The van der Waals surface area contributed by atoms with E-state index in [1.165, 1.54) is 34.0 Å². The van der Waals surface area contributed by atoms with Crippen LogP contribution in [-0.4, -0.2) is 11.0 Å². The van der Waals surface area contributed by atoms with Crippen LogP contribution in [0.5, 0.6) is 0 Å². The average molecular weight is 302 g/mol. The molecule has 0 spiro atoms. The predicted molar refractivity (Wildman–Crippen MR) is 97.2 cm³/mol. The third kappa shape index (κ3) is 3.08. The Labute approximate surface area is 137 Å². The zero-order chi connectivity index (χ0) is 15.5. The van der Waals surface area contributed by atoms with Crippen LogP contribution < -0.4 is 5.32 Å². The van der Waals surface area contributed by atoms with Gasteiger partial charge in [0.25, 0.3) is 0 Å². The van der Waals surface area contributed by atoms with Crippen LogP contribution >= 0.6 is 0 Å². The van der Waals surface area contributed by atoms with Gasteiger partial charge in [-0.15, -0.1) is 0 Å². The van der Waals surface area contributed by atoms with E-state index < -0.39 is 0 Å². The largest absolute Gasteiger partial charge is 0.361 e. The topological polar surface area (TPSA) is 27.8 Å². The second kappa shape index (κ2) is 6.43. The summed E-state index contributed by atoms with van der Waals surface area (Å²) in [6.07, 6.45) is 8.05. The Kier molecular flexibility index (Phi) is 3.99. The van der Waals surface area contributed by atoms with Crippen molar-refractivity contribution in [3.05, 3.63) is 78.0 Å². The molecule has 4 rings (SSSR count). The number of para-hydroxylation sites is 1. The Morgan fingerprint density at radius 3 is 2.65 bits per heavy atom. The summed E-state index contributed by atoms with van der Waals surface area (Å²) in [5, 5.41) is 5.03. The third-order valence-electron chi connectivity index (χ3n) is 4.78. The number of benzene rings is 2. The van der Waals surface area contributed by atoms with Crippen molar-refractivity contribution in [2.24, 2.45) is 0 Å². The predicted octanol–water partition coefficient (Wildman–Crippen LogP) is 4.89. The van der Waals surface area contributed by atoms with Gasteiger partial charge in [0, 0.05) is 35.2 Å². The average Bonchev–Trinajstić information content (AvgIpc) is 3.05. The molecule has 0 saturated carbocycles. The molecule has 2 heteroatoms. The van der Waals surface area contributed by atoms with Crippen molar-refractivity contribution in [2.75, 3.05) is 0 Å². The number of rotatable bonds is 4. The molecule has 0 radical (unpaired) electrons. The molecule has 2 N–H and O–H groups in total. The van der Waals surface area contributed by atoms with Gasteiger partial charge in [-0.1, -0.05) is 54.6 Å². The Morgan fingerprint density at radius 1 is 1.00 bits per heavy atom. The molecule has 0 fully saturated rings. The third-order valence-corrected chi connectivity index (χ3v) is 4.78. The van der Waals surface area contributed by atoms with E-state index in [4.69, 9.17) is 0 Å². The molecule has 0 saturated heterocycles. The summed E-state index contributed by atoms with van der Waals surface area (Å²) < 4.78 is 0. The van der Waals surface area contributed by atoms with E-state index >= 15 is 0 Å². The van der Waals surface area contributed by atoms with E-state index in [1.54, 1.807) is 0 Å². The first-order chi connectivity index (χ1) is 11.4. The highest BCUT2D eigenvalue weighted by molar-refractivity contribution is 5.92. The fourth-order valence-electron chi connectivity index (χ4n) is 3.46. The van der Waals surface area contributed by atoms with Gasteiger partial charge in [0.2, 0.25) is 0 Å². The quantitative estimate of drug-likeness (QED) is 0.705. The van der Waals surface area contributed by atoms with Crippen molar-refractivity contribution in [3.63, 3.8) is 0 Å². The van der Waals surface area contributed by atoms with Gasteiger partial charge in [0.15, 0.2) is 0 Å². The van der Waals surface area contributed by atoms with Crippen LogP contribution in [0.4, 0.5) is 0 Å². The second-order valence-corrected chi connectivity index (χ2v) is 6.32. The number of allylic oxidation sites excluding steroid dienone is 1. The maximum absolute atomic E-state index is 3.69. The number of hydrogen-bond acceptors (Lipinski definition) is 1. The van der Waals surface area contributed by atoms with Crippen molar-refractivity contribution in [2.45, 2.75) is 31.8 Å². The summed E-state index contributed by atoms with van der Waals surface area (Å²) in [5.74, 6) is 0. The fraction of sp³-hybridized carbons (Fsp3) is 0.238. The lowest BCUT2D eigenvalue weighted by Gasteiger charge is -2.23. The van der Waals surface area contributed by atoms with E-state index in [0.29, 0.717) is 6.04 Å². The smallest absolute Gasteiger partial charge is 0.0460 e. The first-order valence-electron chi connectivity index (χ1n) is 8.43. The van der Waals surface area contributed by atoms with Crippen LogP contribution in [0.2, 0.25) is 0 Å². The van der Waals surface area contributed by atoms with Gasteiger partial charge in [-0.05, 0) is 36.5 Å². The summed E-state index contributed by atoms with van der Waals surface area (Å²) in [6.45, 7) is 0.960. The Balaban J connectivity index is 1.43. The highest BCUT2D eigenvalue weighted by atomic mass is 14.9. The maximum Gasteiger partial charge on any atom is 0.0460 e. The van der Waals surface area contributed by atoms with Gasteiger partial charge >= 0.3 is 0 Å². The molecule has 1 aliphatic rings. The van der Waals surface area contributed by atoms with Crippen LogP contribution in [0.25, 0.3) is 16.5 Å². The molecule has 1 aromatic heterocycles. The van der Waals surface area contributed by atoms with E-state index in [9.17, 15) is 0 Å². The van der Waals surface area contributed by atoms with Crippen molar-refractivity contribution >= 4 is 16.5 Å². The lowest BCUT2D eigenvalue weighted by Crippen LogP contribution is -2.29. The molecule has 1 atom stereocenters. The van der Waals surface area contributed by atoms with Crippen LogP contribution in [0.15, 0.2) is 66.9 Å². The van der Waals surface area contributed by atoms with Gasteiger partial charge in [0.1, 0.15) is 0 Å². The van der Waals surface area contributed by atoms with Crippen LogP contribution in [0.1, 0.15) is 30.4 Å². The first-order valence-corrected chi connectivity index (χ1v) is 8.43. The lowest BCUT2D eigenvalue weighted by atomic mass is 9.90. The van der Waals surface area contributed by atoms with E-state index in [-0.39, 0.29) is 0 Å². The highest BCUT2D eigenvalue weighted by Gasteiger charge is 2.16. The number of aromatic amines is 1. The molecular formula is C21H22N2. The summed E-state index contributed by atoms with van der Waals surface area (Å²) in [5.41, 5.74) is 5.45. The van der Waals surface area contributed by atoms with Crippen molar-refractivity contribution in [3.8, 4) is 0 Å². The Hall–Kier alpha value is -2.32. The minimum absolute atomic E-state index is 0.587. The van der Waals surface area contributed by atoms with E-state index in [2.05, 4.69) is 77.2 Å². The van der Waals surface area contributed by atoms with Crippen molar-refractivity contribution in [1.82, 2.24) is 10.3 Å². The highest BCUT2D eigenvalue weighted by Crippen LogP contribution is 2.31. The SMILES string of the molecule is C1=C(c2c[nH]c3ccccc23)CCC(NCc2ccccc2)C1. The molecule has 3 aromatic rings. The monoisotopic (exact) mass is 302 g/mol. The molecule has 116 valence electrons. The molecule has 2 aromatic carbocycles. The zero-order valence-corrected chi connectivity index (χ0v) is 13.3. The van der Waals surface area contributed by atoms with Crippen LogP contribution in [0.3, 0.4) is 0 Å². The van der Waals surface area contributed by atoms with Gasteiger partial charge in [-0.2, -0.15) is 0 Å². The lowest BCUT2D eigenvalue weighted by molar-refractivity contribution is 0.479. The number of aromatic nitrogens is 1. The van der Waals surface area contributed by atoms with Gasteiger partial charge in [-0.3, -0.25) is 0 Å². The normalized spacial score (nSPS) is 18.1. The second-order valence-electron chi connectivity index (χ2n) is 6.32. The van der Waals surface area contributed by atoms with E-state index in [0.717, 1.165) is 19.4 Å². The molecule has 1 heterocycles. The number of fused-ring (bicyclic) bond motifs is 1. The number of H-pyrrole nitrogens is 1. The van der Waals surface area contributed by atoms with Gasteiger partial charge in [0.05, 0.1) is 0 Å². The summed E-state index contributed by atoms with van der Waals surface area (Å²) in [6, 6.07) is 19.8. The molecule has 0 amide bonds. The summed E-state index contributed by atoms with van der Waals surface area (Å²) in [7, 11) is 0. The van der Waals surface area contributed by atoms with Gasteiger partial charge in [-0.25, -0.2) is 0 Å². The summed E-state index contributed by atoms with van der Waals surface area (Å²) >= 11 is 0. The molecule has 0 bridgehead atoms. The summed E-state index contributed by atoms with van der Waals surface area (Å²) in [4.78, 5) is 3.39. The van der Waals surface area contributed by atoms with Crippen molar-refractivity contribution < 1.29 is 0 Å². The molecule has 2 nitrogen and oxygen atoms in total. The van der Waals surface area contributed by atoms with Crippen LogP contribution in [-0.2, 0) is 6.54 Å². The van der Waals surface area contributed by atoms with E-state index in [1.807, 2.05) is 0 Å². The van der Waals surface area contributed by atoms with Crippen LogP contribution in [0, 0.1) is 0 Å².